The normalized spacial score (nSPS) is 26.4. The Morgan fingerprint density at radius 3 is 2.60 bits per heavy atom. The smallest absolute Gasteiger partial charge is 0.0853 e. The molecule has 1 aliphatic heterocycles. The SMILES string of the molecule is CC1SCCN(CC(C)(C)C(O)c2ccccc2)C1C. The van der Waals surface area contributed by atoms with Gasteiger partial charge in [-0.1, -0.05) is 51.1 Å². The van der Waals surface area contributed by atoms with Crippen molar-refractivity contribution in [2.24, 2.45) is 5.41 Å². The maximum absolute atomic E-state index is 10.7. The highest BCUT2D eigenvalue weighted by atomic mass is 32.2. The van der Waals surface area contributed by atoms with Crippen molar-refractivity contribution >= 4 is 11.8 Å². The number of thioether (sulfide) groups is 1. The van der Waals surface area contributed by atoms with E-state index in [1.165, 1.54) is 5.75 Å². The number of rotatable bonds is 4. The lowest BCUT2D eigenvalue weighted by Gasteiger charge is -2.43. The van der Waals surface area contributed by atoms with Gasteiger partial charge in [-0.05, 0) is 12.5 Å². The first kappa shape index (κ1) is 15.9. The van der Waals surface area contributed by atoms with E-state index >= 15 is 0 Å². The average molecular weight is 293 g/mol. The van der Waals surface area contributed by atoms with Gasteiger partial charge in [0.2, 0.25) is 0 Å². The van der Waals surface area contributed by atoms with E-state index in [1.807, 2.05) is 30.3 Å². The van der Waals surface area contributed by atoms with Crippen LogP contribution >= 0.6 is 11.8 Å². The molecule has 1 aromatic rings. The highest BCUT2D eigenvalue weighted by Crippen LogP contribution is 2.36. The summed E-state index contributed by atoms with van der Waals surface area (Å²) in [6.45, 7) is 11.0. The van der Waals surface area contributed by atoms with Gasteiger partial charge in [0.15, 0.2) is 0 Å². The second kappa shape index (κ2) is 6.50. The maximum atomic E-state index is 10.7. The van der Waals surface area contributed by atoms with Crippen LogP contribution in [0.15, 0.2) is 30.3 Å². The van der Waals surface area contributed by atoms with Crippen molar-refractivity contribution in [1.82, 2.24) is 4.90 Å². The topological polar surface area (TPSA) is 23.5 Å². The maximum Gasteiger partial charge on any atom is 0.0853 e. The molecule has 1 N–H and O–H groups in total. The first-order chi connectivity index (χ1) is 9.42. The van der Waals surface area contributed by atoms with Crippen molar-refractivity contribution < 1.29 is 5.11 Å². The van der Waals surface area contributed by atoms with Crippen LogP contribution < -0.4 is 0 Å². The van der Waals surface area contributed by atoms with Crippen LogP contribution in [0.2, 0.25) is 0 Å². The van der Waals surface area contributed by atoms with Crippen LogP contribution in [0, 0.1) is 5.41 Å². The molecule has 0 bridgehead atoms. The van der Waals surface area contributed by atoms with Crippen molar-refractivity contribution in [3.8, 4) is 0 Å². The Kier molecular flexibility index (Phi) is 5.16. The third kappa shape index (κ3) is 3.57. The molecule has 1 aromatic carbocycles. The summed E-state index contributed by atoms with van der Waals surface area (Å²) in [6, 6.07) is 10.6. The van der Waals surface area contributed by atoms with Crippen molar-refractivity contribution in [2.45, 2.75) is 45.1 Å². The quantitative estimate of drug-likeness (QED) is 0.918. The molecule has 3 atom stereocenters. The van der Waals surface area contributed by atoms with Crippen LogP contribution in [0.1, 0.15) is 39.4 Å². The van der Waals surface area contributed by atoms with Gasteiger partial charge in [0.05, 0.1) is 6.10 Å². The first-order valence-corrected chi connectivity index (χ1v) is 8.55. The minimum absolute atomic E-state index is 0.142. The molecule has 3 heteroatoms. The summed E-state index contributed by atoms with van der Waals surface area (Å²) < 4.78 is 0. The van der Waals surface area contributed by atoms with Gasteiger partial charge < -0.3 is 5.11 Å². The lowest BCUT2D eigenvalue weighted by Crippen LogP contribution is -2.49. The van der Waals surface area contributed by atoms with Crippen molar-refractivity contribution in [1.29, 1.82) is 0 Å². The second-order valence-electron chi connectivity index (χ2n) is 6.59. The fourth-order valence-corrected chi connectivity index (χ4v) is 4.08. The van der Waals surface area contributed by atoms with Gasteiger partial charge in [0.25, 0.3) is 0 Å². The Bertz CT molecular complexity index is 420. The van der Waals surface area contributed by atoms with Gasteiger partial charge in [0.1, 0.15) is 0 Å². The van der Waals surface area contributed by atoms with Crippen LogP contribution in [0.25, 0.3) is 0 Å². The summed E-state index contributed by atoms with van der Waals surface area (Å²) in [6.07, 6.45) is -0.416. The third-order valence-electron chi connectivity index (χ3n) is 4.48. The number of hydrogen-bond acceptors (Lipinski definition) is 3. The summed E-state index contributed by atoms with van der Waals surface area (Å²) in [7, 11) is 0. The predicted octanol–water partition coefficient (Wildman–Crippen LogP) is 3.57. The molecule has 112 valence electrons. The van der Waals surface area contributed by atoms with E-state index in [4.69, 9.17) is 0 Å². The molecule has 0 amide bonds. The van der Waals surface area contributed by atoms with E-state index in [9.17, 15) is 5.11 Å². The number of aliphatic hydroxyl groups is 1. The van der Waals surface area contributed by atoms with Crippen molar-refractivity contribution in [3.05, 3.63) is 35.9 Å². The van der Waals surface area contributed by atoms with Crippen LogP contribution in [0.5, 0.6) is 0 Å². The minimum atomic E-state index is -0.416. The predicted molar refractivity (Wildman–Crippen MR) is 88.1 cm³/mol. The van der Waals surface area contributed by atoms with Crippen molar-refractivity contribution in [3.63, 3.8) is 0 Å². The van der Waals surface area contributed by atoms with Gasteiger partial charge in [-0.15, -0.1) is 0 Å². The summed E-state index contributed by atoms with van der Waals surface area (Å²) in [5, 5.41) is 11.4. The molecule has 0 radical (unpaired) electrons. The molecule has 3 unspecified atom stereocenters. The molecule has 2 nitrogen and oxygen atoms in total. The van der Waals surface area contributed by atoms with Gasteiger partial charge in [-0.25, -0.2) is 0 Å². The highest BCUT2D eigenvalue weighted by molar-refractivity contribution is 8.00. The number of aliphatic hydroxyl groups excluding tert-OH is 1. The van der Waals surface area contributed by atoms with E-state index in [0.717, 1.165) is 18.7 Å². The summed E-state index contributed by atoms with van der Waals surface area (Å²) in [5.41, 5.74) is 0.877. The van der Waals surface area contributed by atoms with E-state index < -0.39 is 6.10 Å². The Morgan fingerprint density at radius 1 is 1.30 bits per heavy atom. The Hall–Kier alpha value is -0.510. The minimum Gasteiger partial charge on any atom is -0.388 e. The van der Waals surface area contributed by atoms with Gasteiger partial charge in [-0.3, -0.25) is 4.90 Å². The second-order valence-corrected chi connectivity index (χ2v) is 8.07. The summed E-state index contributed by atoms with van der Waals surface area (Å²) in [5.74, 6) is 1.20. The molecule has 1 aliphatic rings. The monoisotopic (exact) mass is 293 g/mol. The van der Waals surface area contributed by atoms with Crippen LogP contribution in [-0.2, 0) is 0 Å². The fourth-order valence-electron chi connectivity index (χ4n) is 2.92. The molecule has 0 aromatic heterocycles. The molecule has 2 rings (SSSR count). The van der Waals surface area contributed by atoms with E-state index in [0.29, 0.717) is 11.3 Å². The zero-order chi connectivity index (χ0) is 14.8. The molecule has 1 heterocycles. The molecular weight excluding hydrogens is 266 g/mol. The van der Waals surface area contributed by atoms with E-state index in [2.05, 4.69) is 44.4 Å². The fraction of sp³-hybridized carbons (Fsp3) is 0.647. The van der Waals surface area contributed by atoms with Gasteiger partial charge in [-0.2, -0.15) is 11.8 Å². The van der Waals surface area contributed by atoms with Crippen LogP contribution in [0.3, 0.4) is 0 Å². The number of benzene rings is 1. The zero-order valence-corrected chi connectivity index (χ0v) is 13.9. The first-order valence-electron chi connectivity index (χ1n) is 7.50. The summed E-state index contributed by atoms with van der Waals surface area (Å²) in [4.78, 5) is 2.54. The van der Waals surface area contributed by atoms with Crippen LogP contribution in [-0.4, -0.2) is 40.1 Å². The lowest BCUT2D eigenvalue weighted by atomic mass is 9.81. The number of hydrogen-bond donors (Lipinski definition) is 1. The zero-order valence-electron chi connectivity index (χ0n) is 13.0. The van der Waals surface area contributed by atoms with E-state index in [-0.39, 0.29) is 5.41 Å². The molecule has 1 fully saturated rings. The van der Waals surface area contributed by atoms with Crippen molar-refractivity contribution in [2.75, 3.05) is 18.8 Å². The summed E-state index contributed by atoms with van der Waals surface area (Å²) >= 11 is 2.06. The molecule has 0 saturated carbocycles. The standard InChI is InChI=1S/C17H27NOS/c1-13-14(2)20-11-10-18(13)12-17(3,4)16(19)15-8-6-5-7-9-15/h5-9,13-14,16,19H,10-12H2,1-4H3. The lowest BCUT2D eigenvalue weighted by molar-refractivity contribution is 0.0117. The molecule has 0 spiro atoms. The Labute approximate surface area is 127 Å². The molecular formula is C17H27NOS. The molecule has 20 heavy (non-hydrogen) atoms. The average Bonchev–Trinajstić information content (AvgIpc) is 2.44. The van der Waals surface area contributed by atoms with Crippen LogP contribution in [0.4, 0.5) is 0 Å². The molecule has 0 aliphatic carbocycles. The highest BCUT2D eigenvalue weighted by Gasteiger charge is 2.35. The largest absolute Gasteiger partial charge is 0.388 e. The van der Waals surface area contributed by atoms with Gasteiger partial charge in [0, 0.05) is 35.5 Å². The van der Waals surface area contributed by atoms with Gasteiger partial charge >= 0.3 is 0 Å². The number of nitrogens with zero attached hydrogens (tertiary/aromatic N) is 1. The Morgan fingerprint density at radius 2 is 1.95 bits per heavy atom. The van der Waals surface area contributed by atoms with E-state index in [1.54, 1.807) is 0 Å². The molecule has 1 saturated heterocycles. The Balaban J connectivity index is 2.06. The third-order valence-corrected chi connectivity index (χ3v) is 5.82.